The highest BCUT2D eigenvalue weighted by molar-refractivity contribution is 9.10. The molecule has 1 atom stereocenters. The minimum Gasteiger partial charge on any atom is -0.324 e. The monoisotopic (exact) mass is 445 g/mol. The zero-order valence-electron chi connectivity index (χ0n) is 15.8. The molecule has 0 saturated carbocycles. The standard InChI is InChI=1S/C22H25BrFN3O/c23-19-7-8-21(20(24)12-19)25-22(28)27-10-3-4-16(14-27)13-26-11-9-17-5-1-2-6-18(17)15-26/h1-2,5-8,12,16H,3-4,9-11,13-15H2,(H,25,28). The maximum atomic E-state index is 14.0. The Morgan fingerprint density at radius 3 is 2.82 bits per heavy atom. The van der Waals surface area contributed by atoms with Crippen molar-refractivity contribution in [1.29, 1.82) is 0 Å². The van der Waals surface area contributed by atoms with Crippen LogP contribution in [0.25, 0.3) is 0 Å². The van der Waals surface area contributed by atoms with Crippen LogP contribution in [0.3, 0.4) is 0 Å². The Labute approximate surface area is 173 Å². The predicted molar refractivity (Wildman–Crippen MR) is 113 cm³/mol. The van der Waals surface area contributed by atoms with E-state index in [1.807, 2.05) is 4.90 Å². The topological polar surface area (TPSA) is 35.6 Å². The zero-order chi connectivity index (χ0) is 19.5. The van der Waals surface area contributed by atoms with Gasteiger partial charge in [-0.15, -0.1) is 0 Å². The number of benzene rings is 2. The number of halogens is 2. The lowest BCUT2D eigenvalue weighted by Crippen LogP contribution is -2.46. The normalized spacial score (nSPS) is 19.9. The van der Waals surface area contributed by atoms with Gasteiger partial charge in [0.05, 0.1) is 5.69 Å². The lowest BCUT2D eigenvalue weighted by atomic mass is 9.95. The number of fused-ring (bicyclic) bond motifs is 1. The minimum atomic E-state index is -0.428. The van der Waals surface area contributed by atoms with E-state index in [2.05, 4.69) is 50.4 Å². The Bertz CT molecular complexity index is 859. The number of amides is 2. The summed E-state index contributed by atoms with van der Waals surface area (Å²) in [7, 11) is 0. The van der Waals surface area contributed by atoms with Gasteiger partial charge in [0.2, 0.25) is 0 Å². The fraction of sp³-hybridized carbons (Fsp3) is 0.409. The molecule has 0 spiro atoms. The Hall–Kier alpha value is -1.92. The molecule has 2 aliphatic heterocycles. The molecular formula is C22H25BrFN3O. The van der Waals surface area contributed by atoms with Crippen LogP contribution < -0.4 is 5.32 Å². The molecule has 1 unspecified atom stereocenters. The van der Waals surface area contributed by atoms with E-state index in [1.54, 1.807) is 12.1 Å². The van der Waals surface area contributed by atoms with Crippen molar-refractivity contribution >= 4 is 27.6 Å². The molecule has 28 heavy (non-hydrogen) atoms. The Kier molecular flexibility index (Phi) is 5.97. The molecule has 4 nitrogen and oxygen atoms in total. The Morgan fingerprint density at radius 1 is 1.18 bits per heavy atom. The molecular weight excluding hydrogens is 421 g/mol. The van der Waals surface area contributed by atoms with E-state index in [4.69, 9.17) is 0 Å². The fourth-order valence-electron chi connectivity index (χ4n) is 4.26. The molecule has 1 fully saturated rings. The first-order chi connectivity index (χ1) is 13.6. The molecule has 0 radical (unpaired) electrons. The summed E-state index contributed by atoms with van der Waals surface area (Å²) in [5, 5.41) is 2.72. The third-order valence-electron chi connectivity index (χ3n) is 5.71. The highest BCUT2D eigenvalue weighted by Crippen LogP contribution is 2.24. The zero-order valence-corrected chi connectivity index (χ0v) is 17.4. The van der Waals surface area contributed by atoms with Crippen molar-refractivity contribution in [3.8, 4) is 0 Å². The summed E-state index contributed by atoms with van der Waals surface area (Å²) in [6, 6.07) is 13.1. The molecule has 1 saturated heterocycles. The van der Waals surface area contributed by atoms with Gasteiger partial charge in [-0.25, -0.2) is 9.18 Å². The van der Waals surface area contributed by atoms with Crippen molar-refractivity contribution in [2.45, 2.75) is 25.8 Å². The molecule has 0 aliphatic carbocycles. The summed E-state index contributed by atoms with van der Waals surface area (Å²) >= 11 is 3.24. The van der Waals surface area contributed by atoms with Crippen LogP contribution in [-0.2, 0) is 13.0 Å². The number of hydrogen-bond donors (Lipinski definition) is 1. The van der Waals surface area contributed by atoms with Crippen LogP contribution in [-0.4, -0.2) is 42.0 Å². The van der Waals surface area contributed by atoms with E-state index in [-0.39, 0.29) is 11.7 Å². The third kappa shape index (κ3) is 4.55. The first-order valence-corrected chi connectivity index (χ1v) is 10.7. The number of carbonyl (C=O) groups excluding carboxylic acids is 1. The molecule has 148 valence electrons. The first kappa shape index (κ1) is 19.4. The molecule has 0 bridgehead atoms. The molecule has 1 N–H and O–H groups in total. The molecule has 2 aromatic carbocycles. The number of urea groups is 1. The first-order valence-electron chi connectivity index (χ1n) is 9.88. The van der Waals surface area contributed by atoms with Crippen molar-refractivity contribution in [3.63, 3.8) is 0 Å². The maximum absolute atomic E-state index is 14.0. The summed E-state index contributed by atoms with van der Waals surface area (Å²) in [4.78, 5) is 17.0. The van der Waals surface area contributed by atoms with Crippen LogP contribution in [0.5, 0.6) is 0 Å². The van der Waals surface area contributed by atoms with Crippen molar-refractivity contribution in [1.82, 2.24) is 9.80 Å². The SMILES string of the molecule is O=C(Nc1ccc(Br)cc1F)N1CCCC(CN2CCc3ccccc3C2)C1. The number of nitrogens with zero attached hydrogens (tertiary/aromatic N) is 2. The Morgan fingerprint density at radius 2 is 2.00 bits per heavy atom. The highest BCUT2D eigenvalue weighted by Gasteiger charge is 2.27. The molecule has 2 aliphatic rings. The van der Waals surface area contributed by atoms with Crippen LogP contribution in [0.2, 0.25) is 0 Å². The second-order valence-corrected chi connectivity index (χ2v) is 8.68. The van der Waals surface area contributed by atoms with Gasteiger partial charge < -0.3 is 10.2 Å². The van der Waals surface area contributed by atoms with Gasteiger partial charge in [0.15, 0.2) is 0 Å². The van der Waals surface area contributed by atoms with Crippen LogP contribution in [0.15, 0.2) is 46.9 Å². The summed E-state index contributed by atoms with van der Waals surface area (Å²) in [5.41, 5.74) is 3.10. The lowest BCUT2D eigenvalue weighted by molar-refractivity contribution is 0.140. The van der Waals surface area contributed by atoms with E-state index < -0.39 is 5.82 Å². The molecule has 2 aromatic rings. The summed E-state index contributed by atoms with van der Waals surface area (Å²) in [6.45, 7) is 4.52. The van der Waals surface area contributed by atoms with Gasteiger partial charge >= 0.3 is 6.03 Å². The van der Waals surface area contributed by atoms with E-state index in [0.29, 0.717) is 10.4 Å². The lowest BCUT2D eigenvalue weighted by Gasteiger charge is -2.37. The van der Waals surface area contributed by atoms with Crippen LogP contribution in [0, 0.1) is 11.7 Å². The third-order valence-corrected chi connectivity index (χ3v) is 6.20. The van der Waals surface area contributed by atoms with Crippen LogP contribution in [0.1, 0.15) is 24.0 Å². The number of carbonyl (C=O) groups is 1. The van der Waals surface area contributed by atoms with E-state index in [9.17, 15) is 9.18 Å². The van der Waals surface area contributed by atoms with Crippen molar-refractivity contribution in [2.24, 2.45) is 5.92 Å². The number of rotatable bonds is 3. The van der Waals surface area contributed by atoms with Gasteiger partial charge in [-0.2, -0.15) is 0 Å². The van der Waals surface area contributed by atoms with Gasteiger partial charge in [-0.1, -0.05) is 40.2 Å². The molecule has 0 aromatic heterocycles. The van der Waals surface area contributed by atoms with Gasteiger partial charge in [0.25, 0.3) is 0 Å². The smallest absolute Gasteiger partial charge is 0.321 e. The van der Waals surface area contributed by atoms with Gasteiger partial charge in [0, 0.05) is 37.2 Å². The predicted octanol–water partition coefficient (Wildman–Crippen LogP) is 4.89. The van der Waals surface area contributed by atoms with Crippen LogP contribution >= 0.6 is 15.9 Å². The number of hydrogen-bond acceptors (Lipinski definition) is 2. The number of likely N-dealkylation sites (tertiary alicyclic amines) is 1. The maximum Gasteiger partial charge on any atom is 0.321 e. The number of nitrogens with one attached hydrogen (secondary N) is 1. The number of piperidine rings is 1. The van der Waals surface area contributed by atoms with Crippen molar-refractivity contribution in [3.05, 3.63) is 63.9 Å². The van der Waals surface area contributed by atoms with Crippen molar-refractivity contribution in [2.75, 3.05) is 31.5 Å². The highest BCUT2D eigenvalue weighted by atomic mass is 79.9. The Balaban J connectivity index is 1.33. The van der Waals surface area contributed by atoms with Crippen LogP contribution in [0.4, 0.5) is 14.9 Å². The largest absolute Gasteiger partial charge is 0.324 e. The van der Waals surface area contributed by atoms with E-state index in [0.717, 1.165) is 52.0 Å². The second-order valence-electron chi connectivity index (χ2n) is 7.76. The van der Waals surface area contributed by atoms with Gasteiger partial charge in [-0.3, -0.25) is 4.90 Å². The van der Waals surface area contributed by atoms with Gasteiger partial charge in [-0.05, 0) is 54.5 Å². The molecule has 2 heterocycles. The average Bonchev–Trinajstić information content (AvgIpc) is 2.70. The molecule has 2 amide bonds. The fourth-order valence-corrected chi connectivity index (χ4v) is 4.59. The van der Waals surface area contributed by atoms with Gasteiger partial charge in [0.1, 0.15) is 5.82 Å². The number of anilines is 1. The quantitative estimate of drug-likeness (QED) is 0.729. The second kappa shape index (κ2) is 8.62. The molecule has 4 rings (SSSR count). The average molecular weight is 446 g/mol. The van der Waals surface area contributed by atoms with Crippen molar-refractivity contribution < 1.29 is 9.18 Å². The van der Waals surface area contributed by atoms with E-state index >= 15 is 0 Å². The minimum absolute atomic E-state index is 0.213. The summed E-state index contributed by atoms with van der Waals surface area (Å²) in [5.74, 6) is 0.0304. The summed E-state index contributed by atoms with van der Waals surface area (Å²) in [6.07, 6.45) is 3.22. The summed E-state index contributed by atoms with van der Waals surface area (Å²) < 4.78 is 14.7. The van der Waals surface area contributed by atoms with E-state index in [1.165, 1.54) is 17.2 Å². The molecule has 6 heteroatoms.